The predicted molar refractivity (Wildman–Crippen MR) is 74.4 cm³/mol. The summed E-state index contributed by atoms with van der Waals surface area (Å²) < 4.78 is 55.6. The summed E-state index contributed by atoms with van der Waals surface area (Å²) in [4.78, 5) is 22.5. The van der Waals surface area contributed by atoms with Gasteiger partial charge in [0.2, 0.25) is 0 Å². The van der Waals surface area contributed by atoms with Gasteiger partial charge in [-0.25, -0.2) is 9.59 Å². The quantitative estimate of drug-likeness (QED) is 0.334. The van der Waals surface area contributed by atoms with Crippen LogP contribution >= 0.6 is 0 Å². The molecule has 0 unspecified atom stereocenters. The van der Waals surface area contributed by atoms with E-state index in [0.717, 1.165) is 13.2 Å². The van der Waals surface area contributed by atoms with E-state index in [2.05, 4.69) is 21.3 Å². The van der Waals surface area contributed by atoms with Crippen LogP contribution < -0.4 is 0 Å². The van der Waals surface area contributed by atoms with Gasteiger partial charge >= 0.3 is 18.1 Å². The molecule has 0 aromatic rings. The lowest BCUT2D eigenvalue weighted by Gasteiger charge is -2.16. The van der Waals surface area contributed by atoms with Crippen molar-refractivity contribution in [2.45, 2.75) is 44.9 Å². The maximum atomic E-state index is 12.0. The van der Waals surface area contributed by atoms with E-state index in [4.69, 9.17) is 9.47 Å². The molecular formula is C15H17F3O6. The van der Waals surface area contributed by atoms with Gasteiger partial charge in [0.1, 0.15) is 6.10 Å². The number of alkyl halides is 3. The van der Waals surface area contributed by atoms with Crippen LogP contribution in [0.4, 0.5) is 13.2 Å². The predicted octanol–water partition coefficient (Wildman–Crippen LogP) is 1.73. The molecule has 0 radical (unpaired) electrons. The SMILES string of the molecule is COC(=O)C#C[C@@H]1OC(C)(C)O[C@H]1/C(C)=C/C(=O)OCC(F)(F)F. The van der Waals surface area contributed by atoms with Crippen LogP contribution in [-0.2, 0) is 28.5 Å². The second-order valence-corrected chi connectivity index (χ2v) is 5.35. The Bertz CT molecular complexity index is 582. The van der Waals surface area contributed by atoms with Crippen LogP contribution in [0.1, 0.15) is 20.8 Å². The average molecular weight is 350 g/mol. The highest BCUT2D eigenvalue weighted by Crippen LogP contribution is 2.31. The van der Waals surface area contributed by atoms with Crippen LogP contribution in [0.2, 0.25) is 0 Å². The van der Waals surface area contributed by atoms with E-state index in [0.29, 0.717) is 0 Å². The van der Waals surface area contributed by atoms with Crippen LogP contribution in [0.15, 0.2) is 11.6 Å². The molecule has 1 aliphatic heterocycles. The second kappa shape index (κ2) is 7.68. The van der Waals surface area contributed by atoms with Crippen LogP contribution in [0.5, 0.6) is 0 Å². The molecule has 0 aromatic heterocycles. The topological polar surface area (TPSA) is 71.1 Å². The molecule has 0 aromatic carbocycles. The van der Waals surface area contributed by atoms with Crippen LogP contribution in [0.3, 0.4) is 0 Å². The van der Waals surface area contributed by atoms with E-state index in [1.54, 1.807) is 13.8 Å². The van der Waals surface area contributed by atoms with Gasteiger partial charge in [-0.2, -0.15) is 13.2 Å². The fourth-order valence-electron chi connectivity index (χ4n) is 1.84. The van der Waals surface area contributed by atoms with Crippen molar-refractivity contribution in [3.05, 3.63) is 11.6 Å². The number of halogens is 3. The molecule has 2 atom stereocenters. The Kier molecular flexibility index (Phi) is 6.40. The number of carbonyl (C=O) groups is 2. The Hall–Kier alpha value is -2.05. The highest BCUT2D eigenvalue weighted by molar-refractivity contribution is 5.88. The first-order valence-corrected chi connectivity index (χ1v) is 6.80. The monoisotopic (exact) mass is 350 g/mol. The molecule has 0 aliphatic carbocycles. The molecule has 1 saturated heterocycles. The number of esters is 2. The van der Waals surface area contributed by atoms with Crippen molar-refractivity contribution < 1.29 is 41.7 Å². The summed E-state index contributed by atoms with van der Waals surface area (Å²) >= 11 is 0. The second-order valence-electron chi connectivity index (χ2n) is 5.35. The van der Waals surface area contributed by atoms with E-state index in [1.165, 1.54) is 6.92 Å². The first-order valence-electron chi connectivity index (χ1n) is 6.80. The van der Waals surface area contributed by atoms with Gasteiger partial charge in [-0.05, 0) is 26.3 Å². The van der Waals surface area contributed by atoms with Crippen molar-refractivity contribution in [3.8, 4) is 11.8 Å². The minimum Gasteiger partial charge on any atom is -0.459 e. The van der Waals surface area contributed by atoms with E-state index < -0.39 is 42.7 Å². The highest BCUT2D eigenvalue weighted by Gasteiger charge is 2.41. The van der Waals surface area contributed by atoms with Crippen molar-refractivity contribution >= 4 is 11.9 Å². The third-order valence-electron chi connectivity index (χ3n) is 2.77. The maximum Gasteiger partial charge on any atom is 0.422 e. The Labute approximate surface area is 136 Å². The van der Waals surface area contributed by atoms with Gasteiger partial charge in [0, 0.05) is 12.0 Å². The number of rotatable bonds is 3. The number of methoxy groups -OCH3 is 1. The lowest BCUT2D eigenvalue weighted by atomic mass is 10.1. The van der Waals surface area contributed by atoms with Crippen molar-refractivity contribution in [3.63, 3.8) is 0 Å². The number of ether oxygens (including phenoxy) is 4. The molecule has 6 nitrogen and oxygen atoms in total. The van der Waals surface area contributed by atoms with Gasteiger partial charge < -0.3 is 18.9 Å². The Morgan fingerprint density at radius 2 is 1.92 bits per heavy atom. The molecule has 0 N–H and O–H groups in total. The van der Waals surface area contributed by atoms with Gasteiger partial charge in [-0.3, -0.25) is 0 Å². The summed E-state index contributed by atoms with van der Waals surface area (Å²) in [5.41, 5.74) is 0.247. The third kappa shape index (κ3) is 6.60. The van der Waals surface area contributed by atoms with Crippen molar-refractivity contribution in [1.29, 1.82) is 0 Å². The molecule has 0 bridgehead atoms. The lowest BCUT2D eigenvalue weighted by Crippen LogP contribution is -2.24. The van der Waals surface area contributed by atoms with E-state index >= 15 is 0 Å². The van der Waals surface area contributed by atoms with Gasteiger partial charge in [0.25, 0.3) is 0 Å². The Morgan fingerprint density at radius 3 is 2.46 bits per heavy atom. The number of hydrogen-bond acceptors (Lipinski definition) is 6. The smallest absolute Gasteiger partial charge is 0.422 e. The summed E-state index contributed by atoms with van der Waals surface area (Å²) in [5.74, 6) is 1.69. The average Bonchev–Trinajstić information content (AvgIpc) is 2.77. The normalized spacial score (nSPS) is 23.2. The van der Waals surface area contributed by atoms with Gasteiger partial charge in [-0.1, -0.05) is 5.92 Å². The lowest BCUT2D eigenvalue weighted by molar-refractivity contribution is -0.182. The fraction of sp³-hybridized carbons (Fsp3) is 0.600. The van der Waals surface area contributed by atoms with Crippen LogP contribution in [0.25, 0.3) is 0 Å². The molecule has 1 heterocycles. The molecule has 134 valence electrons. The van der Waals surface area contributed by atoms with E-state index in [-0.39, 0.29) is 5.57 Å². The molecule has 1 aliphatic rings. The van der Waals surface area contributed by atoms with Crippen molar-refractivity contribution in [2.24, 2.45) is 0 Å². The summed E-state index contributed by atoms with van der Waals surface area (Å²) in [5, 5.41) is 0. The molecule has 1 rings (SSSR count). The van der Waals surface area contributed by atoms with Crippen molar-refractivity contribution in [1.82, 2.24) is 0 Å². The zero-order chi connectivity index (χ0) is 18.5. The van der Waals surface area contributed by atoms with Crippen LogP contribution in [-0.4, -0.2) is 49.8 Å². The highest BCUT2D eigenvalue weighted by atomic mass is 19.4. The standard InChI is InChI=1S/C15H17F3O6/c1-9(7-12(20)22-8-15(16,17)18)13-10(5-6-11(19)21-4)23-14(2,3)24-13/h7,10,13H,8H2,1-4H3/b9-7+/t10-,13-/m0/s1. The van der Waals surface area contributed by atoms with Gasteiger partial charge in [0.05, 0.1) is 7.11 Å². The molecule has 24 heavy (non-hydrogen) atoms. The van der Waals surface area contributed by atoms with E-state index in [9.17, 15) is 22.8 Å². The zero-order valence-electron chi connectivity index (χ0n) is 13.5. The molecule has 0 saturated carbocycles. The Morgan fingerprint density at radius 1 is 1.29 bits per heavy atom. The minimum atomic E-state index is -4.61. The van der Waals surface area contributed by atoms with Gasteiger partial charge in [-0.15, -0.1) is 0 Å². The van der Waals surface area contributed by atoms with Crippen molar-refractivity contribution in [2.75, 3.05) is 13.7 Å². The molecule has 0 spiro atoms. The molecule has 9 heteroatoms. The summed E-state index contributed by atoms with van der Waals surface area (Å²) in [6, 6.07) is 0. The maximum absolute atomic E-state index is 12.0. The van der Waals surface area contributed by atoms with Gasteiger partial charge in [0.15, 0.2) is 18.5 Å². The largest absolute Gasteiger partial charge is 0.459 e. The molecular weight excluding hydrogens is 333 g/mol. The minimum absolute atomic E-state index is 0.247. The molecule has 1 fully saturated rings. The summed E-state index contributed by atoms with van der Waals surface area (Å²) in [7, 11) is 1.16. The Balaban J connectivity index is 2.85. The zero-order valence-corrected chi connectivity index (χ0v) is 13.5. The summed E-state index contributed by atoms with van der Waals surface area (Å²) in [6.45, 7) is 2.95. The number of carbonyl (C=O) groups excluding carboxylic acids is 2. The third-order valence-corrected chi connectivity index (χ3v) is 2.77. The fourth-order valence-corrected chi connectivity index (χ4v) is 1.84. The first-order chi connectivity index (χ1) is 10.9. The first kappa shape index (κ1) is 20.0. The van der Waals surface area contributed by atoms with Crippen LogP contribution in [0, 0.1) is 11.8 Å². The molecule has 0 amide bonds. The van der Waals surface area contributed by atoms with E-state index in [1.807, 2.05) is 0 Å². The summed E-state index contributed by atoms with van der Waals surface area (Å²) in [6.07, 6.45) is -5.49. The number of hydrogen-bond donors (Lipinski definition) is 0.